The summed E-state index contributed by atoms with van der Waals surface area (Å²) in [5.41, 5.74) is 5.17. The van der Waals surface area contributed by atoms with Gasteiger partial charge in [-0.2, -0.15) is 0 Å². The first-order valence-corrected chi connectivity index (χ1v) is 4.52. The molecule has 0 saturated heterocycles. The summed E-state index contributed by atoms with van der Waals surface area (Å²) in [6.45, 7) is 5.49. The van der Waals surface area contributed by atoms with Crippen LogP contribution in [0.4, 0.5) is 0 Å². The van der Waals surface area contributed by atoms with Crippen molar-refractivity contribution in [2.24, 2.45) is 5.73 Å². The molecule has 0 aromatic heterocycles. The van der Waals surface area contributed by atoms with Gasteiger partial charge in [0.25, 0.3) is 0 Å². The van der Waals surface area contributed by atoms with Gasteiger partial charge < -0.3 is 0 Å². The molecule has 0 saturated carbocycles. The molecule has 0 fully saturated rings. The number of hydrogen-bond acceptors (Lipinski definition) is 2. The minimum absolute atomic E-state index is 0.156. The fourth-order valence-corrected chi connectivity index (χ4v) is 1.16. The van der Waals surface area contributed by atoms with Gasteiger partial charge in [0.05, 0.1) is 0 Å². The Labute approximate surface area is 77.2 Å². The van der Waals surface area contributed by atoms with Crippen LogP contribution in [-0.2, 0) is 4.74 Å². The van der Waals surface area contributed by atoms with Gasteiger partial charge in [-0.25, -0.2) is 0 Å². The summed E-state index contributed by atoms with van der Waals surface area (Å²) in [6.07, 6.45) is 2.93. The monoisotopic (exact) mass is 169 g/mol. The molecule has 0 radical (unpaired) electrons. The summed E-state index contributed by atoms with van der Waals surface area (Å²) in [7, 11) is 0. The third-order valence-electron chi connectivity index (χ3n) is 1.32. The van der Waals surface area contributed by atoms with Crippen molar-refractivity contribution in [3.63, 3.8) is 0 Å². The molecule has 0 aromatic rings. The molecule has 2 nitrogen and oxygen atoms in total. The van der Waals surface area contributed by atoms with E-state index in [0.29, 0.717) is 6.54 Å². The van der Waals surface area contributed by atoms with E-state index in [1.165, 1.54) is 0 Å². The Balaban J connectivity index is 3.55. The second kappa shape index (κ2) is 5.79. The Bertz CT molecular complexity index is 123. The zero-order valence-electron chi connectivity index (χ0n) is 7.34. The SMILES string of the molecule is CC(C)(C=[CH][Al+2])OCCCN. The molecule has 0 bridgehead atoms. The molecule has 0 atom stereocenters. The molecule has 0 aromatic carbocycles. The van der Waals surface area contributed by atoms with Crippen LogP contribution in [0.25, 0.3) is 0 Å². The average Bonchev–Trinajstić information content (AvgIpc) is 1.87. The molecule has 60 valence electrons. The van der Waals surface area contributed by atoms with Crippen molar-refractivity contribution in [1.29, 1.82) is 0 Å². The summed E-state index contributed by atoms with van der Waals surface area (Å²) >= 11 is 2.53. The van der Waals surface area contributed by atoms with E-state index in [1.807, 2.05) is 24.9 Å². The molecular weight excluding hydrogens is 153 g/mol. The van der Waals surface area contributed by atoms with Crippen molar-refractivity contribution in [1.82, 2.24) is 0 Å². The Kier molecular flexibility index (Phi) is 5.90. The molecule has 3 heteroatoms. The molecule has 2 N–H and O–H groups in total. The van der Waals surface area contributed by atoms with Crippen molar-refractivity contribution in [2.75, 3.05) is 13.2 Å². The Morgan fingerprint density at radius 1 is 1.55 bits per heavy atom. The number of nitrogens with two attached hydrogens (primary N) is 1. The Morgan fingerprint density at radius 2 is 2.18 bits per heavy atom. The van der Waals surface area contributed by atoms with Crippen molar-refractivity contribution in [2.45, 2.75) is 25.9 Å². The van der Waals surface area contributed by atoms with Crippen LogP contribution in [0.2, 0.25) is 0 Å². The van der Waals surface area contributed by atoms with E-state index < -0.39 is 0 Å². The summed E-state index contributed by atoms with van der Waals surface area (Å²) in [5, 5.41) is 0. The molecule has 0 aliphatic carbocycles. The van der Waals surface area contributed by atoms with E-state index >= 15 is 0 Å². The number of rotatable bonds is 5. The maximum atomic E-state index is 5.53. The zero-order valence-corrected chi connectivity index (χ0v) is 8.49. The molecule has 11 heavy (non-hydrogen) atoms. The van der Waals surface area contributed by atoms with Gasteiger partial charge in [0.1, 0.15) is 0 Å². The first kappa shape index (κ1) is 11.2. The third-order valence-corrected chi connectivity index (χ3v) is 1.51. The van der Waals surface area contributed by atoms with Crippen LogP contribution in [0.1, 0.15) is 20.3 Å². The maximum absolute atomic E-state index is 5.53. The van der Waals surface area contributed by atoms with Crippen LogP contribution in [0, 0.1) is 0 Å². The van der Waals surface area contributed by atoms with Gasteiger partial charge in [0, 0.05) is 0 Å². The topological polar surface area (TPSA) is 35.2 Å². The molecular formula is C8H16AlNO+2. The normalized spacial score (nSPS) is 12.8. The predicted molar refractivity (Wildman–Crippen MR) is 48.6 cm³/mol. The van der Waals surface area contributed by atoms with E-state index in [4.69, 9.17) is 10.5 Å². The second-order valence-electron chi connectivity index (χ2n) is 2.95. The fraction of sp³-hybridized carbons (Fsp3) is 0.750. The van der Waals surface area contributed by atoms with Crippen LogP contribution in [0.5, 0.6) is 0 Å². The van der Waals surface area contributed by atoms with Crippen LogP contribution >= 0.6 is 0 Å². The van der Waals surface area contributed by atoms with Crippen molar-refractivity contribution < 1.29 is 4.74 Å². The predicted octanol–water partition coefficient (Wildman–Crippen LogP) is 0.813. The van der Waals surface area contributed by atoms with Gasteiger partial charge in [0.15, 0.2) is 0 Å². The third kappa shape index (κ3) is 6.58. The van der Waals surface area contributed by atoms with E-state index in [9.17, 15) is 0 Å². The van der Waals surface area contributed by atoms with Gasteiger partial charge >= 0.3 is 76.8 Å². The second-order valence-corrected chi connectivity index (χ2v) is 3.34. The van der Waals surface area contributed by atoms with E-state index in [0.717, 1.165) is 13.0 Å². The minimum atomic E-state index is -0.156. The average molecular weight is 169 g/mol. The summed E-state index contributed by atoms with van der Waals surface area (Å²) in [5.74, 6) is 0. The Hall–Kier alpha value is 0.192. The molecule has 0 heterocycles. The van der Waals surface area contributed by atoms with Gasteiger partial charge in [0.2, 0.25) is 0 Å². The van der Waals surface area contributed by atoms with Crippen molar-refractivity contribution in [3.05, 3.63) is 11.0 Å². The standard InChI is InChI=1S/C8H16NO.Al/c1-4-8(2,3)10-7-5-6-9;/h1,4H,5-7,9H2,2-3H3;/q;+2. The van der Waals surface area contributed by atoms with Gasteiger partial charge in [-0.05, 0) is 0 Å². The van der Waals surface area contributed by atoms with Crippen LogP contribution in [-0.4, -0.2) is 35.0 Å². The van der Waals surface area contributed by atoms with E-state index in [-0.39, 0.29) is 5.60 Å². The van der Waals surface area contributed by atoms with E-state index in [1.54, 1.807) is 0 Å². The summed E-state index contributed by atoms with van der Waals surface area (Å²) < 4.78 is 5.53. The molecule has 0 spiro atoms. The molecule has 0 aliphatic heterocycles. The first-order chi connectivity index (χ1) is 5.12. The van der Waals surface area contributed by atoms with Crippen LogP contribution < -0.4 is 5.73 Å². The number of hydrogen-bond donors (Lipinski definition) is 1. The van der Waals surface area contributed by atoms with Gasteiger partial charge in [-0.1, -0.05) is 0 Å². The quantitative estimate of drug-likeness (QED) is 0.488. The van der Waals surface area contributed by atoms with Crippen LogP contribution in [0.15, 0.2) is 11.0 Å². The molecule has 0 rings (SSSR count). The van der Waals surface area contributed by atoms with Crippen molar-refractivity contribution >= 4 is 16.3 Å². The summed E-state index contributed by atoms with van der Waals surface area (Å²) in [6, 6.07) is 0. The molecule has 0 aliphatic rings. The van der Waals surface area contributed by atoms with Crippen LogP contribution in [0.3, 0.4) is 0 Å². The number of ether oxygens (including phenoxy) is 1. The Morgan fingerprint density at radius 3 is 2.64 bits per heavy atom. The first-order valence-electron chi connectivity index (χ1n) is 3.86. The van der Waals surface area contributed by atoms with Gasteiger partial charge in [-0.15, -0.1) is 0 Å². The fourth-order valence-electron chi connectivity index (χ4n) is 0.698. The van der Waals surface area contributed by atoms with Crippen molar-refractivity contribution in [3.8, 4) is 0 Å². The van der Waals surface area contributed by atoms with Gasteiger partial charge in [-0.3, -0.25) is 0 Å². The van der Waals surface area contributed by atoms with E-state index in [2.05, 4.69) is 16.3 Å². The summed E-state index contributed by atoms with van der Waals surface area (Å²) in [4.78, 5) is 1.92. The zero-order chi connectivity index (χ0) is 8.74. The molecule has 0 unspecified atom stereocenters. The molecule has 0 amide bonds.